The van der Waals surface area contributed by atoms with E-state index in [0.29, 0.717) is 47.0 Å². The number of anilines is 1. The standard InChI is InChI=1S/C44H50F3N5O3S/c1-25-20-30(26-6-9-28(10-7-26)56-24-43(4,55)37-22-34-33(49-37)13-14-36(50-34)44(45,46)47)35(23-48-25)51-39(53)21-27-8-12-31-29-11-15-38-42(3,19-17-40(54)52(38)5)32(29)16-18-41(27,31)2/h6-7,9-10,13-14,17,19-20,22-23,27,29,31-32,38,49,55H,8,11-12,15-16,18,21,24H2,1-5H3,(H,51,53)/t27-,29?,31?,32?,38?,41-,42-,43?/m1/s1. The number of nitrogens with zero attached hydrogens (tertiary/aromatic N) is 3. The number of pyridine rings is 2. The highest BCUT2D eigenvalue weighted by Crippen LogP contribution is 2.66. The molecule has 4 aliphatic rings. The molecule has 3 saturated carbocycles. The molecule has 0 saturated heterocycles. The van der Waals surface area contributed by atoms with Gasteiger partial charge in [0.05, 0.1) is 28.6 Å². The molecule has 1 aliphatic heterocycles. The first-order valence-corrected chi connectivity index (χ1v) is 20.7. The van der Waals surface area contributed by atoms with Gasteiger partial charge in [-0.3, -0.25) is 14.6 Å². The zero-order valence-corrected chi connectivity index (χ0v) is 33.4. The minimum atomic E-state index is -4.55. The molecule has 4 aromatic rings. The molecule has 296 valence electrons. The normalized spacial score (nSPS) is 29.8. The van der Waals surface area contributed by atoms with Crippen LogP contribution in [0.5, 0.6) is 0 Å². The molecule has 8 atom stereocenters. The summed E-state index contributed by atoms with van der Waals surface area (Å²) in [6.45, 7) is 8.35. The summed E-state index contributed by atoms with van der Waals surface area (Å²) in [5.41, 5.74) is 2.02. The summed E-state index contributed by atoms with van der Waals surface area (Å²) >= 11 is 1.43. The lowest BCUT2D eigenvalue weighted by Gasteiger charge is -2.60. The maximum Gasteiger partial charge on any atom is 0.433 e. The number of hydrogen-bond acceptors (Lipinski definition) is 6. The minimum Gasteiger partial charge on any atom is -0.383 e. The molecule has 5 unspecified atom stereocenters. The summed E-state index contributed by atoms with van der Waals surface area (Å²) in [5, 5.41) is 14.5. The number of H-pyrrole nitrogens is 1. The number of halogens is 3. The molecule has 12 heteroatoms. The van der Waals surface area contributed by atoms with Gasteiger partial charge in [-0.25, -0.2) is 4.98 Å². The molecular formula is C44H50F3N5O3S. The first kappa shape index (κ1) is 38.7. The average Bonchev–Trinajstić information content (AvgIpc) is 3.74. The van der Waals surface area contributed by atoms with Gasteiger partial charge in [-0.1, -0.05) is 32.1 Å². The van der Waals surface area contributed by atoms with Gasteiger partial charge in [0.15, 0.2) is 0 Å². The first-order chi connectivity index (χ1) is 26.5. The van der Waals surface area contributed by atoms with E-state index in [9.17, 15) is 27.9 Å². The van der Waals surface area contributed by atoms with E-state index in [1.807, 2.05) is 49.2 Å². The van der Waals surface area contributed by atoms with Crippen LogP contribution in [0.3, 0.4) is 0 Å². The highest BCUT2D eigenvalue weighted by Gasteiger charge is 2.60. The van der Waals surface area contributed by atoms with Gasteiger partial charge in [-0.05, 0) is 129 Å². The van der Waals surface area contributed by atoms with Crippen molar-refractivity contribution in [3.63, 3.8) is 0 Å². The minimum absolute atomic E-state index is 0.000577. The quantitative estimate of drug-likeness (QED) is 0.154. The van der Waals surface area contributed by atoms with Crippen LogP contribution in [0.4, 0.5) is 18.9 Å². The Morgan fingerprint density at radius 2 is 1.82 bits per heavy atom. The number of hydrogen-bond donors (Lipinski definition) is 3. The fraction of sp³-hybridized carbons (Fsp3) is 0.500. The van der Waals surface area contributed by atoms with Crippen LogP contribution in [0.15, 0.2) is 71.8 Å². The van der Waals surface area contributed by atoms with Gasteiger partial charge >= 0.3 is 6.18 Å². The third-order valence-corrected chi connectivity index (χ3v) is 15.4. The first-order valence-electron chi connectivity index (χ1n) is 19.7. The molecule has 0 spiro atoms. The van der Waals surface area contributed by atoms with Gasteiger partial charge in [0.2, 0.25) is 11.8 Å². The lowest BCUT2D eigenvalue weighted by atomic mass is 9.47. The van der Waals surface area contributed by atoms with Crippen LogP contribution in [0, 0.1) is 41.4 Å². The molecule has 3 aromatic heterocycles. The third kappa shape index (κ3) is 6.84. The number of aryl methyl sites for hydroxylation is 1. The zero-order chi connectivity index (χ0) is 39.8. The molecule has 8 nitrogen and oxygen atoms in total. The van der Waals surface area contributed by atoms with Crippen LogP contribution in [-0.4, -0.2) is 55.6 Å². The van der Waals surface area contributed by atoms with Gasteiger partial charge in [0.1, 0.15) is 11.3 Å². The molecule has 0 radical (unpaired) electrons. The summed E-state index contributed by atoms with van der Waals surface area (Å²) in [5.74, 6) is 2.41. The van der Waals surface area contributed by atoms with E-state index in [0.717, 1.165) is 66.3 Å². The van der Waals surface area contributed by atoms with Crippen molar-refractivity contribution in [1.82, 2.24) is 19.9 Å². The second-order valence-corrected chi connectivity index (χ2v) is 18.5. The molecular weight excluding hydrogens is 736 g/mol. The summed E-state index contributed by atoms with van der Waals surface area (Å²) in [4.78, 5) is 40.5. The van der Waals surface area contributed by atoms with Crippen LogP contribution in [-0.2, 0) is 21.4 Å². The molecule has 4 heterocycles. The van der Waals surface area contributed by atoms with Crippen molar-refractivity contribution in [1.29, 1.82) is 0 Å². The second-order valence-electron chi connectivity index (χ2n) is 17.5. The number of carbonyl (C=O) groups is 2. The number of thioether (sulfide) groups is 1. The van der Waals surface area contributed by atoms with Crippen molar-refractivity contribution in [2.45, 2.75) is 95.4 Å². The fourth-order valence-electron chi connectivity index (χ4n) is 11.0. The highest BCUT2D eigenvalue weighted by molar-refractivity contribution is 7.99. The molecule has 3 aliphatic carbocycles. The lowest BCUT2D eigenvalue weighted by Crippen LogP contribution is -2.59. The summed E-state index contributed by atoms with van der Waals surface area (Å²) in [7, 11) is 1.96. The molecule has 56 heavy (non-hydrogen) atoms. The fourth-order valence-corrected chi connectivity index (χ4v) is 11.9. The van der Waals surface area contributed by atoms with Gasteiger partial charge in [-0.2, -0.15) is 13.2 Å². The van der Waals surface area contributed by atoms with Gasteiger partial charge in [0, 0.05) is 46.8 Å². The SMILES string of the molecule is Cc1cc(-c2ccc(SCC(C)(O)c3cc4nc(C(F)(F)F)ccc4[nH]3)cc2)c(NC(=O)C[C@H]2CCC3C4CCC5N(C)C(=O)C=C[C@]5(C)C4CC[C@@]32C)cn1. The molecule has 3 fully saturated rings. The van der Waals surface area contributed by atoms with Gasteiger partial charge in [0.25, 0.3) is 0 Å². The maximum absolute atomic E-state index is 13.8. The summed E-state index contributed by atoms with van der Waals surface area (Å²) in [6, 6.07) is 13.8. The van der Waals surface area contributed by atoms with Gasteiger partial charge < -0.3 is 20.3 Å². The van der Waals surface area contributed by atoms with E-state index in [2.05, 4.69) is 40.2 Å². The Labute approximate surface area is 330 Å². The Morgan fingerprint density at radius 3 is 2.57 bits per heavy atom. The van der Waals surface area contributed by atoms with Crippen molar-refractivity contribution in [2.75, 3.05) is 18.1 Å². The number of aromatic amines is 1. The zero-order valence-electron chi connectivity index (χ0n) is 32.5. The van der Waals surface area contributed by atoms with Crippen LogP contribution in [0.25, 0.3) is 22.2 Å². The van der Waals surface area contributed by atoms with Crippen LogP contribution in [0.1, 0.15) is 82.8 Å². The van der Waals surface area contributed by atoms with Crippen LogP contribution in [0.2, 0.25) is 0 Å². The monoisotopic (exact) mass is 785 g/mol. The number of benzene rings is 1. The summed E-state index contributed by atoms with van der Waals surface area (Å²) < 4.78 is 39.5. The smallest absolute Gasteiger partial charge is 0.383 e. The van der Waals surface area contributed by atoms with Crippen molar-refractivity contribution < 1.29 is 27.9 Å². The van der Waals surface area contributed by atoms with E-state index >= 15 is 0 Å². The van der Waals surface area contributed by atoms with E-state index < -0.39 is 17.5 Å². The van der Waals surface area contributed by atoms with Gasteiger partial charge in [-0.15, -0.1) is 11.8 Å². The Hall–Kier alpha value is -4.16. The van der Waals surface area contributed by atoms with E-state index in [1.54, 1.807) is 19.2 Å². The Kier molecular flexibility index (Phi) is 9.70. The lowest BCUT2D eigenvalue weighted by molar-refractivity contribution is -0.141. The molecule has 2 amide bonds. The number of fused-ring (bicyclic) bond motifs is 6. The van der Waals surface area contributed by atoms with Crippen molar-refractivity contribution in [2.24, 2.45) is 34.5 Å². The van der Waals surface area contributed by atoms with Crippen molar-refractivity contribution in [3.05, 3.63) is 84.0 Å². The number of amides is 2. The molecule has 8 rings (SSSR count). The largest absolute Gasteiger partial charge is 0.433 e. The predicted molar refractivity (Wildman–Crippen MR) is 213 cm³/mol. The number of likely N-dealkylation sites (N-methyl/N-ethyl adjacent to an activating group) is 1. The predicted octanol–water partition coefficient (Wildman–Crippen LogP) is 9.54. The average molecular weight is 786 g/mol. The number of rotatable bonds is 8. The topological polar surface area (TPSA) is 111 Å². The second kappa shape index (κ2) is 14.0. The van der Waals surface area contributed by atoms with Crippen molar-refractivity contribution in [3.8, 4) is 11.1 Å². The summed E-state index contributed by atoms with van der Waals surface area (Å²) in [6.07, 6.45) is 8.26. The van der Waals surface area contributed by atoms with Crippen LogP contribution < -0.4 is 5.32 Å². The highest BCUT2D eigenvalue weighted by atomic mass is 32.2. The Morgan fingerprint density at radius 1 is 1.05 bits per heavy atom. The number of carbonyl (C=O) groups excluding carboxylic acids is 2. The Bertz CT molecular complexity index is 2200. The van der Waals surface area contributed by atoms with E-state index in [4.69, 9.17) is 0 Å². The Balaban J connectivity index is 0.918. The maximum atomic E-state index is 13.8. The van der Waals surface area contributed by atoms with E-state index in [1.165, 1.54) is 23.9 Å². The number of aromatic nitrogens is 3. The third-order valence-electron chi connectivity index (χ3n) is 14.1. The molecule has 0 bridgehead atoms. The van der Waals surface area contributed by atoms with Crippen LogP contribution >= 0.6 is 11.8 Å². The molecule has 1 aromatic carbocycles. The number of nitrogens with one attached hydrogen (secondary N) is 2. The molecule has 3 N–H and O–H groups in total. The van der Waals surface area contributed by atoms with E-state index in [-0.39, 0.29) is 40.0 Å². The van der Waals surface area contributed by atoms with Crippen molar-refractivity contribution >= 4 is 40.3 Å². The number of aliphatic hydroxyl groups is 1. The number of alkyl halides is 3.